The molecule has 0 spiro atoms. The van der Waals surface area contributed by atoms with Gasteiger partial charge in [0.2, 0.25) is 15.0 Å². The Morgan fingerprint density at radius 1 is 1.32 bits per heavy atom. The van der Waals surface area contributed by atoms with E-state index in [0.717, 1.165) is 12.1 Å². The molecular formula is C12H10ClF4NO3S. The van der Waals surface area contributed by atoms with E-state index >= 15 is 0 Å². The minimum absolute atomic E-state index is 0.308. The number of nitrogens with zero attached hydrogens (tertiary/aromatic N) is 1. The quantitative estimate of drug-likeness (QED) is 0.616. The Morgan fingerprint density at radius 3 is 2.50 bits per heavy atom. The van der Waals surface area contributed by atoms with Gasteiger partial charge in [0.15, 0.2) is 0 Å². The Kier molecular flexibility index (Phi) is 4.40. The van der Waals surface area contributed by atoms with Gasteiger partial charge in [0.1, 0.15) is 5.82 Å². The van der Waals surface area contributed by atoms with Crippen molar-refractivity contribution in [3.63, 3.8) is 0 Å². The summed E-state index contributed by atoms with van der Waals surface area (Å²) in [6, 6.07) is 2.36. The van der Waals surface area contributed by atoms with E-state index in [1.54, 1.807) is 0 Å². The number of benzene rings is 1. The second-order valence-corrected chi connectivity index (χ2v) is 7.74. The van der Waals surface area contributed by atoms with Crippen molar-refractivity contribution in [2.24, 2.45) is 5.92 Å². The molecule has 0 N–H and O–H groups in total. The second kappa shape index (κ2) is 5.69. The number of hydrogen-bond donors (Lipinski definition) is 0. The lowest BCUT2D eigenvalue weighted by molar-refractivity contribution is -0.137. The molecule has 1 unspecified atom stereocenters. The molecule has 1 aromatic carbocycles. The molecule has 1 fully saturated rings. The number of alkyl halides is 3. The molecule has 4 nitrogen and oxygen atoms in total. The zero-order valence-electron chi connectivity index (χ0n) is 10.9. The Bertz CT molecular complexity index is 705. The molecule has 22 heavy (non-hydrogen) atoms. The number of hydrogen-bond acceptors (Lipinski definition) is 3. The first-order valence-corrected chi connectivity index (χ1v) is 8.55. The van der Waals surface area contributed by atoms with Gasteiger partial charge in [0.05, 0.1) is 17.0 Å². The SMILES string of the molecule is O=C1CC(CS(=O)(=O)Cl)CN1c1c(F)cccc1C(F)(F)F. The zero-order chi connectivity index (χ0) is 16.7. The molecule has 2 rings (SSSR count). The van der Waals surface area contributed by atoms with E-state index in [9.17, 15) is 30.8 Å². The van der Waals surface area contributed by atoms with Gasteiger partial charge in [-0.15, -0.1) is 0 Å². The number of anilines is 1. The summed E-state index contributed by atoms with van der Waals surface area (Å²) in [7, 11) is 1.17. The molecule has 1 aliphatic rings. The van der Waals surface area contributed by atoms with Gasteiger partial charge in [-0.25, -0.2) is 12.8 Å². The number of amides is 1. The van der Waals surface area contributed by atoms with Crippen LogP contribution >= 0.6 is 10.7 Å². The summed E-state index contributed by atoms with van der Waals surface area (Å²) in [5.41, 5.74) is -2.16. The number of carbonyl (C=O) groups excluding carboxylic acids is 1. The lowest BCUT2D eigenvalue weighted by atomic mass is 10.1. The lowest BCUT2D eigenvalue weighted by Gasteiger charge is -2.22. The number of para-hydroxylation sites is 1. The highest BCUT2D eigenvalue weighted by molar-refractivity contribution is 8.13. The van der Waals surface area contributed by atoms with Crippen LogP contribution in [-0.4, -0.2) is 26.6 Å². The summed E-state index contributed by atoms with van der Waals surface area (Å²) in [5, 5.41) is 0. The Labute approximate surface area is 128 Å². The van der Waals surface area contributed by atoms with Crippen LogP contribution in [0.4, 0.5) is 23.2 Å². The first-order valence-electron chi connectivity index (χ1n) is 6.07. The standard InChI is InChI=1S/C12H10ClF4NO3S/c13-22(20,21)6-7-4-10(19)18(5-7)11-8(12(15,16)17)2-1-3-9(11)14/h1-3,7H,4-6H2. The molecule has 1 amide bonds. The smallest absolute Gasteiger partial charge is 0.309 e. The first-order chi connectivity index (χ1) is 9.99. The molecule has 122 valence electrons. The van der Waals surface area contributed by atoms with Gasteiger partial charge >= 0.3 is 6.18 Å². The van der Waals surface area contributed by atoms with E-state index in [-0.39, 0.29) is 13.0 Å². The Morgan fingerprint density at radius 2 is 1.95 bits per heavy atom. The van der Waals surface area contributed by atoms with Gasteiger partial charge in [-0.05, 0) is 12.1 Å². The van der Waals surface area contributed by atoms with Crippen LogP contribution in [-0.2, 0) is 20.0 Å². The van der Waals surface area contributed by atoms with Crippen molar-refractivity contribution in [3.8, 4) is 0 Å². The fourth-order valence-corrected chi connectivity index (χ4v) is 3.73. The summed E-state index contributed by atoms with van der Waals surface area (Å²) in [4.78, 5) is 12.5. The van der Waals surface area contributed by atoms with E-state index in [1.165, 1.54) is 0 Å². The number of halogens is 5. The highest BCUT2D eigenvalue weighted by Crippen LogP contribution is 2.40. The van der Waals surface area contributed by atoms with Crippen molar-refractivity contribution < 1.29 is 30.8 Å². The highest BCUT2D eigenvalue weighted by atomic mass is 35.7. The number of carbonyl (C=O) groups is 1. The fourth-order valence-electron chi connectivity index (χ4n) is 2.41. The molecule has 1 atom stereocenters. The van der Waals surface area contributed by atoms with Gasteiger partial charge < -0.3 is 4.90 Å². The van der Waals surface area contributed by atoms with Crippen LogP contribution in [0.5, 0.6) is 0 Å². The van der Waals surface area contributed by atoms with E-state index in [2.05, 4.69) is 0 Å². The third-order valence-electron chi connectivity index (χ3n) is 3.20. The van der Waals surface area contributed by atoms with Gasteiger partial charge in [-0.1, -0.05) is 6.07 Å². The summed E-state index contributed by atoms with van der Waals surface area (Å²) in [6.45, 7) is -0.338. The van der Waals surface area contributed by atoms with Crippen molar-refractivity contribution in [2.75, 3.05) is 17.2 Å². The van der Waals surface area contributed by atoms with Crippen molar-refractivity contribution in [1.82, 2.24) is 0 Å². The Balaban J connectivity index is 2.39. The summed E-state index contributed by atoms with van der Waals surface area (Å²) in [5.74, 6) is -3.32. The van der Waals surface area contributed by atoms with Gasteiger partial charge in [0.25, 0.3) is 0 Å². The molecule has 0 radical (unpaired) electrons. The first kappa shape index (κ1) is 17.0. The predicted octanol–water partition coefficient (Wildman–Crippen LogP) is 2.77. The third-order valence-corrected chi connectivity index (χ3v) is 4.45. The molecule has 1 aromatic rings. The van der Waals surface area contributed by atoms with Crippen LogP contribution in [0.3, 0.4) is 0 Å². The summed E-state index contributed by atoms with van der Waals surface area (Å²) >= 11 is 0. The van der Waals surface area contributed by atoms with Crippen LogP contribution < -0.4 is 4.90 Å². The van der Waals surface area contributed by atoms with Crippen LogP contribution in [0, 0.1) is 11.7 Å². The van der Waals surface area contributed by atoms with Gasteiger partial charge in [0, 0.05) is 29.6 Å². The Hall–Kier alpha value is -1.35. The van der Waals surface area contributed by atoms with Gasteiger partial charge in [-0.2, -0.15) is 13.2 Å². The molecule has 0 aliphatic carbocycles. The normalized spacial score (nSPS) is 19.8. The molecule has 1 aliphatic heterocycles. The van der Waals surface area contributed by atoms with E-state index in [1.807, 2.05) is 0 Å². The molecular weight excluding hydrogens is 350 g/mol. The molecule has 1 saturated heterocycles. The predicted molar refractivity (Wildman–Crippen MR) is 71.5 cm³/mol. The molecule has 0 saturated carbocycles. The molecule has 1 heterocycles. The monoisotopic (exact) mass is 359 g/mol. The lowest BCUT2D eigenvalue weighted by Crippen LogP contribution is -2.29. The molecule has 0 aromatic heterocycles. The maximum absolute atomic E-state index is 13.8. The zero-order valence-corrected chi connectivity index (χ0v) is 12.5. The number of rotatable bonds is 3. The van der Waals surface area contributed by atoms with Crippen molar-refractivity contribution in [3.05, 3.63) is 29.6 Å². The van der Waals surface area contributed by atoms with Crippen LogP contribution in [0.25, 0.3) is 0 Å². The molecule has 10 heteroatoms. The van der Waals surface area contributed by atoms with Crippen molar-refractivity contribution in [2.45, 2.75) is 12.6 Å². The average Bonchev–Trinajstić information content (AvgIpc) is 2.65. The van der Waals surface area contributed by atoms with Crippen LogP contribution in [0.15, 0.2) is 18.2 Å². The molecule has 0 bridgehead atoms. The minimum Gasteiger partial charge on any atom is -0.309 e. The van der Waals surface area contributed by atoms with E-state index < -0.39 is 49.9 Å². The fraction of sp³-hybridized carbons (Fsp3) is 0.417. The van der Waals surface area contributed by atoms with Gasteiger partial charge in [-0.3, -0.25) is 4.79 Å². The summed E-state index contributed by atoms with van der Waals surface area (Å²) in [6.07, 6.45) is -5.15. The maximum atomic E-state index is 13.8. The largest absolute Gasteiger partial charge is 0.418 e. The summed E-state index contributed by atoms with van der Waals surface area (Å²) < 4.78 is 74.7. The van der Waals surface area contributed by atoms with Crippen molar-refractivity contribution in [1.29, 1.82) is 0 Å². The highest BCUT2D eigenvalue weighted by Gasteiger charge is 2.41. The maximum Gasteiger partial charge on any atom is 0.418 e. The topological polar surface area (TPSA) is 54.5 Å². The van der Waals surface area contributed by atoms with Crippen LogP contribution in [0.2, 0.25) is 0 Å². The average molecular weight is 360 g/mol. The third kappa shape index (κ3) is 3.70. The van der Waals surface area contributed by atoms with E-state index in [4.69, 9.17) is 10.7 Å². The van der Waals surface area contributed by atoms with Crippen LogP contribution in [0.1, 0.15) is 12.0 Å². The van der Waals surface area contributed by atoms with Crippen molar-refractivity contribution >= 4 is 31.3 Å². The second-order valence-electron chi connectivity index (χ2n) is 4.91. The minimum atomic E-state index is -4.84. The van der Waals surface area contributed by atoms with E-state index in [0.29, 0.717) is 11.0 Å².